The zero-order valence-electron chi connectivity index (χ0n) is 14.7. The van der Waals surface area contributed by atoms with Gasteiger partial charge in [-0.2, -0.15) is 39.5 Å². The predicted molar refractivity (Wildman–Crippen MR) is 79.2 cm³/mol. The summed E-state index contributed by atoms with van der Waals surface area (Å²) in [6.07, 6.45) is -4.95. The molecule has 0 saturated heterocycles. The lowest BCUT2D eigenvalue weighted by Gasteiger charge is -2.34. The van der Waals surface area contributed by atoms with E-state index in [-0.39, 0.29) is 6.42 Å². The molecule has 0 aromatic rings. The maximum absolute atomic E-state index is 13.6. The van der Waals surface area contributed by atoms with Crippen molar-refractivity contribution in [1.29, 1.82) is 0 Å². The summed E-state index contributed by atoms with van der Waals surface area (Å²) in [4.78, 5) is 11.0. The first-order valence-electron chi connectivity index (χ1n) is 8.54. The molecule has 1 atom stereocenters. The van der Waals surface area contributed by atoms with Crippen molar-refractivity contribution in [3.8, 4) is 0 Å². The molecule has 27 heavy (non-hydrogen) atoms. The number of hydrogen-bond acceptors (Lipinski definition) is 1. The minimum atomic E-state index is -6.99. The van der Waals surface area contributed by atoms with Crippen LogP contribution in [0.15, 0.2) is 0 Å². The Morgan fingerprint density at radius 1 is 0.778 bits per heavy atom. The lowest BCUT2D eigenvalue weighted by molar-refractivity contribution is -0.397. The maximum Gasteiger partial charge on any atom is 0.460 e. The molecule has 0 aliphatic carbocycles. The lowest BCUT2D eigenvalue weighted by Crippen LogP contribution is -2.61. The van der Waals surface area contributed by atoms with Crippen LogP contribution >= 0.6 is 0 Å². The Morgan fingerprint density at radius 2 is 1.22 bits per heavy atom. The fraction of sp³-hybridized carbons (Fsp3) is 0.938. The Hall–Kier alpha value is -1.16. The number of carboxylic acid groups (broad SMARTS) is 1. The van der Waals surface area contributed by atoms with E-state index >= 15 is 0 Å². The summed E-state index contributed by atoms with van der Waals surface area (Å²) in [6, 6.07) is 0. The fourth-order valence-electron chi connectivity index (χ4n) is 2.51. The molecular weight excluding hydrogens is 395 g/mol. The summed E-state index contributed by atoms with van der Waals surface area (Å²) in [5.41, 5.74) is 0. The summed E-state index contributed by atoms with van der Waals surface area (Å²) >= 11 is 0. The van der Waals surface area contributed by atoms with Gasteiger partial charge in [0.15, 0.2) is 0 Å². The van der Waals surface area contributed by atoms with Crippen LogP contribution in [0, 0.1) is 5.92 Å². The van der Waals surface area contributed by atoms with Crippen LogP contribution in [0.1, 0.15) is 64.7 Å². The monoisotopic (exact) mass is 418 g/mol. The summed E-state index contributed by atoms with van der Waals surface area (Å²) in [5, 5.41) is 8.85. The Balaban J connectivity index is 4.94. The molecule has 0 bridgehead atoms. The van der Waals surface area contributed by atoms with Crippen LogP contribution in [0.25, 0.3) is 0 Å². The highest BCUT2D eigenvalue weighted by atomic mass is 19.4. The van der Waals surface area contributed by atoms with Crippen molar-refractivity contribution < 1.29 is 49.4 Å². The van der Waals surface area contributed by atoms with Gasteiger partial charge in [-0.05, 0) is 6.42 Å². The van der Waals surface area contributed by atoms with E-state index in [0.29, 0.717) is 12.8 Å². The molecular formula is C16H23F9O2. The molecule has 0 spiro atoms. The molecule has 0 saturated carbocycles. The van der Waals surface area contributed by atoms with Gasteiger partial charge in [0, 0.05) is 6.42 Å². The highest BCUT2D eigenvalue weighted by Crippen LogP contribution is 2.54. The van der Waals surface area contributed by atoms with E-state index in [1.807, 2.05) is 6.92 Å². The zero-order chi connectivity index (χ0) is 21.5. The second kappa shape index (κ2) is 9.86. The molecule has 0 heterocycles. The molecule has 0 radical (unpaired) electrons. The van der Waals surface area contributed by atoms with Gasteiger partial charge in [0.25, 0.3) is 0 Å². The van der Waals surface area contributed by atoms with Crippen molar-refractivity contribution in [1.82, 2.24) is 0 Å². The average Bonchev–Trinajstić information content (AvgIpc) is 2.51. The molecule has 0 rings (SSSR count). The number of hydrogen-bond donors (Lipinski definition) is 1. The van der Waals surface area contributed by atoms with Gasteiger partial charge in [0.1, 0.15) is 0 Å². The van der Waals surface area contributed by atoms with Gasteiger partial charge >= 0.3 is 29.9 Å². The first-order chi connectivity index (χ1) is 12.1. The molecule has 11 heteroatoms. The lowest BCUT2D eigenvalue weighted by atomic mass is 9.89. The van der Waals surface area contributed by atoms with Crippen molar-refractivity contribution in [2.45, 2.75) is 88.7 Å². The van der Waals surface area contributed by atoms with Crippen LogP contribution < -0.4 is 0 Å². The summed E-state index contributed by atoms with van der Waals surface area (Å²) in [7, 11) is 0. The van der Waals surface area contributed by atoms with Crippen molar-refractivity contribution >= 4 is 5.97 Å². The van der Waals surface area contributed by atoms with E-state index < -0.39 is 48.7 Å². The van der Waals surface area contributed by atoms with E-state index in [1.165, 1.54) is 0 Å². The summed E-state index contributed by atoms with van der Waals surface area (Å²) < 4.78 is 115. The van der Waals surface area contributed by atoms with Gasteiger partial charge in [-0.1, -0.05) is 51.9 Å². The van der Waals surface area contributed by atoms with Gasteiger partial charge in [-0.3, -0.25) is 4.79 Å². The van der Waals surface area contributed by atoms with Gasteiger partial charge in [0.2, 0.25) is 0 Å². The average molecular weight is 418 g/mol. The molecule has 2 nitrogen and oxygen atoms in total. The Labute approximate surface area is 151 Å². The van der Waals surface area contributed by atoms with Crippen LogP contribution in [-0.2, 0) is 4.79 Å². The standard InChI is InChI=1S/C16H23F9O2/c1-2-3-4-5-6-7-8-9-11(12(26)27)10-13(17,18)14(19,20)15(21,22)16(23,24)25/h11H,2-10H2,1H3,(H,26,27). The minimum Gasteiger partial charge on any atom is -0.481 e. The van der Waals surface area contributed by atoms with E-state index in [4.69, 9.17) is 5.11 Å². The van der Waals surface area contributed by atoms with Crippen LogP contribution in [0.5, 0.6) is 0 Å². The van der Waals surface area contributed by atoms with Crippen LogP contribution in [-0.4, -0.2) is 35.0 Å². The molecule has 162 valence electrons. The number of halogens is 9. The quantitative estimate of drug-likeness (QED) is 0.267. The molecule has 0 fully saturated rings. The molecule has 1 unspecified atom stereocenters. The van der Waals surface area contributed by atoms with E-state index in [2.05, 4.69) is 0 Å². The zero-order valence-corrected chi connectivity index (χ0v) is 14.7. The number of alkyl halides is 9. The smallest absolute Gasteiger partial charge is 0.460 e. The third-order valence-electron chi connectivity index (χ3n) is 4.22. The Morgan fingerprint density at radius 3 is 1.63 bits per heavy atom. The Bertz CT molecular complexity index is 461. The van der Waals surface area contributed by atoms with Crippen LogP contribution in [0.3, 0.4) is 0 Å². The van der Waals surface area contributed by atoms with Crippen molar-refractivity contribution in [2.24, 2.45) is 5.92 Å². The third-order valence-corrected chi connectivity index (χ3v) is 4.22. The molecule has 0 amide bonds. The first-order valence-corrected chi connectivity index (χ1v) is 8.54. The SMILES string of the molecule is CCCCCCCCCC(CC(F)(F)C(F)(F)C(F)(F)C(F)(F)F)C(=O)O. The number of rotatable bonds is 13. The van der Waals surface area contributed by atoms with E-state index in [9.17, 15) is 44.3 Å². The topological polar surface area (TPSA) is 37.3 Å². The van der Waals surface area contributed by atoms with Gasteiger partial charge < -0.3 is 5.11 Å². The molecule has 0 aromatic carbocycles. The normalized spacial score (nSPS) is 15.0. The van der Waals surface area contributed by atoms with Crippen LogP contribution in [0.4, 0.5) is 39.5 Å². The van der Waals surface area contributed by atoms with Gasteiger partial charge in [0.05, 0.1) is 5.92 Å². The van der Waals surface area contributed by atoms with Crippen molar-refractivity contribution in [2.75, 3.05) is 0 Å². The highest BCUT2D eigenvalue weighted by Gasteiger charge is 2.81. The number of carbonyl (C=O) groups is 1. The molecule has 1 N–H and O–H groups in total. The third kappa shape index (κ3) is 6.74. The van der Waals surface area contributed by atoms with E-state index in [1.54, 1.807) is 0 Å². The Kier molecular flexibility index (Phi) is 9.44. The molecule has 0 aromatic heterocycles. The van der Waals surface area contributed by atoms with E-state index in [0.717, 1.165) is 25.7 Å². The molecule has 0 aliphatic rings. The van der Waals surface area contributed by atoms with Crippen molar-refractivity contribution in [3.63, 3.8) is 0 Å². The number of carboxylic acids is 1. The maximum atomic E-state index is 13.6. The summed E-state index contributed by atoms with van der Waals surface area (Å²) in [6.45, 7) is 1.98. The fourth-order valence-corrected chi connectivity index (χ4v) is 2.51. The highest BCUT2D eigenvalue weighted by molar-refractivity contribution is 5.70. The second-order valence-electron chi connectivity index (χ2n) is 6.50. The largest absolute Gasteiger partial charge is 0.481 e. The predicted octanol–water partition coefficient (Wildman–Crippen LogP) is 6.69. The van der Waals surface area contributed by atoms with Crippen molar-refractivity contribution in [3.05, 3.63) is 0 Å². The number of aliphatic carboxylic acids is 1. The minimum absolute atomic E-state index is 0.0560. The second-order valence-corrected chi connectivity index (χ2v) is 6.50. The van der Waals surface area contributed by atoms with Crippen LogP contribution in [0.2, 0.25) is 0 Å². The van der Waals surface area contributed by atoms with Gasteiger partial charge in [-0.25, -0.2) is 0 Å². The first kappa shape index (κ1) is 25.8. The van der Waals surface area contributed by atoms with Gasteiger partial charge in [-0.15, -0.1) is 0 Å². The number of unbranched alkanes of at least 4 members (excludes halogenated alkanes) is 6. The molecule has 0 aliphatic heterocycles. The summed E-state index contributed by atoms with van der Waals surface area (Å²) in [5.74, 6) is -23.7.